The molecule has 0 atom stereocenters. The lowest BCUT2D eigenvalue weighted by atomic mass is 10.1. The highest BCUT2D eigenvalue weighted by Gasteiger charge is 2.24. The van der Waals surface area contributed by atoms with Crippen molar-refractivity contribution in [3.63, 3.8) is 0 Å². The Morgan fingerprint density at radius 2 is 1.11 bits per heavy atom. The van der Waals surface area contributed by atoms with Crippen LogP contribution in [0.25, 0.3) is 0 Å². The molecule has 18 heavy (non-hydrogen) atoms. The van der Waals surface area contributed by atoms with E-state index in [9.17, 15) is 4.79 Å². The van der Waals surface area contributed by atoms with Crippen molar-refractivity contribution in [2.75, 3.05) is 25.0 Å². The van der Waals surface area contributed by atoms with E-state index in [0.29, 0.717) is 5.78 Å². The fourth-order valence-electron chi connectivity index (χ4n) is 2.06. The molecule has 102 valence electrons. The summed E-state index contributed by atoms with van der Waals surface area (Å²) in [6, 6.07) is 0. The molecule has 0 heterocycles. The average molecular weight is 321 g/mol. The van der Waals surface area contributed by atoms with Gasteiger partial charge in [-0.3, -0.25) is 4.79 Å². The largest absolute Gasteiger partial charge is 0.289 e. The van der Waals surface area contributed by atoms with Crippen LogP contribution in [0.2, 0.25) is 0 Å². The fourth-order valence-corrected chi connectivity index (χ4v) is 5.16. The Morgan fingerprint density at radius 3 is 1.39 bits per heavy atom. The van der Waals surface area contributed by atoms with Crippen molar-refractivity contribution in [1.29, 1.82) is 0 Å². The standard InChI is InChI=1S/C13H20OS4/c1-15-12(16-2)9-7-5-6-8-10(11(9)14)13(17-3)18-4/h5-8H2,1-4H3. The maximum atomic E-state index is 12.7. The summed E-state index contributed by atoms with van der Waals surface area (Å²) < 4.78 is 2.39. The van der Waals surface area contributed by atoms with Gasteiger partial charge in [-0.25, -0.2) is 0 Å². The molecule has 1 fully saturated rings. The molecular weight excluding hydrogens is 300 g/mol. The minimum Gasteiger partial charge on any atom is -0.289 e. The van der Waals surface area contributed by atoms with Crippen molar-refractivity contribution in [3.05, 3.63) is 19.6 Å². The van der Waals surface area contributed by atoms with Gasteiger partial charge in [-0.05, 0) is 50.7 Å². The second-order valence-corrected chi connectivity index (χ2v) is 7.67. The Bertz CT molecular complexity index is 325. The lowest BCUT2D eigenvalue weighted by molar-refractivity contribution is -0.112. The van der Waals surface area contributed by atoms with Gasteiger partial charge in [0.05, 0.1) is 0 Å². The van der Waals surface area contributed by atoms with Crippen molar-refractivity contribution in [2.24, 2.45) is 0 Å². The van der Waals surface area contributed by atoms with E-state index in [1.807, 2.05) is 0 Å². The molecule has 0 aromatic rings. The molecule has 1 aliphatic rings. The molecule has 0 unspecified atom stereocenters. The zero-order valence-corrected chi connectivity index (χ0v) is 14.6. The highest BCUT2D eigenvalue weighted by Crippen LogP contribution is 2.38. The number of allylic oxidation sites excluding steroid dienone is 2. The van der Waals surface area contributed by atoms with Crippen LogP contribution in [0, 0.1) is 0 Å². The SMILES string of the molecule is CSC(SC)=C1CCCCC(=C(SC)SC)C1=O. The summed E-state index contributed by atoms with van der Waals surface area (Å²) in [5.74, 6) is 0.296. The number of carbonyl (C=O) groups excluding carboxylic acids is 1. The van der Waals surface area contributed by atoms with E-state index in [0.717, 1.165) is 36.8 Å². The number of carbonyl (C=O) groups is 1. The molecule has 1 aliphatic carbocycles. The van der Waals surface area contributed by atoms with Crippen LogP contribution >= 0.6 is 47.0 Å². The van der Waals surface area contributed by atoms with Gasteiger partial charge in [0.15, 0.2) is 5.78 Å². The molecule has 0 aromatic heterocycles. The van der Waals surface area contributed by atoms with E-state index >= 15 is 0 Å². The molecule has 0 aliphatic heterocycles. The Labute approximate surface area is 127 Å². The van der Waals surface area contributed by atoms with E-state index in [1.165, 1.54) is 8.47 Å². The van der Waals surface area contributed by atoms with Crippen LogP contribution < -0.4 is 0 Å². The van der Waals surface area contributed by atoms with Crippen molar-refractivity contribution in [1.82, 2.24) is 0 Å². The van der Waals surface area contributed by atoms with Gasteiger partial charge in [-0.1, -0.05) is 0 Å². The maximum absolute atomic E-state index is 12.7. The van der Waals surface area contributed by atoms with Gasteiger partial charge in [0, 0.05) is 19.6 Å². The van der Waals surface area contributed by atoms with E-state index in [4.69, 9.17) is 0 Å². The first kappa shape index (κ1) is 16.6. The first-order valence-corrected chi connectivity index (χ1v) is 10.8. The van der Waals surface area contributed by atoms with Crippen molar-refractivity contribution < 1.29 is 4.79 Å². The topological polar surface area (TPSA) is 17.1 Å². The summed E-state index contributed by atoms with van der Waals surface area (Å²) in [6.07, 6.45) is 12.4. The quantitative estimate of drug-likeness (QED) is 0.533. The predicted octanol–water partition coefficient (Wildman–Crippen LogP) is 5.00. The van der Waals surface area contributed by atoms with Crippen LogP contribution in [-0.2, 0) is 4.79 Å². The number of thioether (sulfide) groups is 4. The van der Waals surface area contributed by atoms with Gasteiger partial charge in [-0.2, -0.15) is 0 Å². The van der Waals surface area contributed by atoms with Crippen LogP contribution in [0.5, 0.6) is 0 Å². The number of hydrogen-bond acceptors (Lipinski definition) is 5. The monoisotopic (exact) mass is 320 g/mol. The Balaban J connectivity index is 3.21. The van der Waals surface area contributed by atoms with Gasteiger partial charge in [0.25, 0.3) is 0 Å². The van der Waals surface area contributed by atoms with Crippen molar-refractivity contribution in [3.8, 4) is 0 Å². The molecule has 0 radical (unpaired) electrons. The number of rotatable bonds is 4. The zero-order chi connectivity index (χ0) is 13.5. The molecular formula is C13H20OS4. The average Bonchev–Trinajstić information content (AvgIpc) is 2.57. The van der Waals surface area contributed by atoms with Gasteiger partial charge >= 0.3 is 0 Å². The van der Waals surface area contributed by atoms with Crippen LogP contribution in [0.1, 0.15) is 25.7 Å². The summed E-state index contributed by atoms with van der Waals surface area (Å²) in [7, 11) is 0. The van der Waals surface area contributed by atoms with Crippen LogP contribution in [0.3, 0.4) is 0 Å². The van der Waals surface area contributed by atoms with Crippen molar-refractivity contribution >= 4 is 52.8 Å². The van der Waals surface area contributed by atoms with Gasteiger partial charge in [0.1, 0.15) is 0 Å². The van der Waals surface area contributed by atoms with E-state index in [-0.39, 0.29) is 0 Å². The first-order chi connectivity index (χ1) is 8.69. The lowest BCUT2D eigenvalue weighted by Gasteiger charge is -2.12. The van der Waals surface area contributed by atoms with E-state index in [1.54, 1.807) is 47.0 Å². The second kappa shape index (κ2) is 8.67. The van der Waals surface area contributed by atoms with E-state index in [2.05, 4.69) is 25.0 Å². The molecule has 0 N–H and O–H groups in total. The maximum Gasteiger partial charge on any atom is 0.188 e. The van der Waals surface area contributed by atoms with Gasteiger partial charge in [-0.15, -0.1) is 47.0 Å². The van der Waals surface area contributed by atoms with Crippen LogP contribution in [-0.4, -0.2) is 30.8 Å². The molecule has 0 spiro atoms. The Kier molecular flexibility index (Phi) is 8.00. The summed E-state index contributed by atoms with van der Waals surface area (Å²) in [6.45, 7) is 0. The molecule has 0 amide bonds. The first-order valence-electron chi connectivity index (χ1n) is 5.86. The summed E-state index contributed by atoms with van der Waals surface area (Å²) >= 11 is 6.82. The minimum atomic E-state index is 0.296. The van der Waals surface area contributed by atoms with Gasteiger partial charge < -0.3 is 0 Å². The predicted molar refractivity (Wildman–Crippen MR) is 91.6 cm³/mol. The Morgan fingerprint density at radius 1 is 0.778 bits per heavy atom. The number of hydrogen-bond donors (Lipinski definition) is 0. The zero-order valence-electron chi connectivity index (χ0n) is 11.4. The number of Topliss-reactive ketones (excluding diaryl/α,β-unsaturated/α-hetero) is 1. The summed E-state index contributed by atoms with van der Waals surface area (Å²) in [4.78, 5) is 12.7. The third-order valence-electron chi connectivity index (χ3n) is 2.89. The molecule has 0 saturated heterocycles. The Hall–Kier alpha value is 0.550. The summed E-state index contributed by atoms with van der Waals surface area (Å²) in [5, 5.41) is 0. The third-order valence-corrected chi connectivity index (χ3v) is 7.35. The highest BCUT2D eigenvalue weighted by atomic mass is 32.2. The minimum absolute atomic E-state index is 0.296. The summed E-state index contributed by atoms with van der Waals surface area (Å²) in [5.41, 5.74) is 2.09. The molecule has 0 aromatic carbocycles. The molecule has 1 rings (SSSR count). The second-order valence-electron chi connectivity index (χ2n) is 3.88. The molecule has 5 heteroatoms. The lowest BCUT2D eigenvalue weighted by Crippen LogP contribution is -2.06. The van der Waals surface area contributed by atoms with Crippen LogP contribution in [0.15, 0.2) is 19.6 Å². The third kappa shape index (κ3) is 4.02. The normalized spacial score (nSPS) is 16.8. The molecule has 0 bridgehead atoms. The fraction of sp³-hybridized carbons (Fsp3) is 0.615. The molecule has 1 saturated carbocycles. The van der Waals surface area contributed by atoms with Crippen molar-refractivity contribution in [2.45, 2.75) is 25.7 Å². The van der Waals surface area contributed by atoms with E-state index < -0.39 is 0 Å². The number of ketones is 1. The smallest absolute Gasteiger partial charge is 0.188 e. The van der Waals surface area contributed by atoms with Gasteiger partial charge in [0.2, 0.25) is 0 Å². The van der Waals surface area contributed by atoms with Crippen LogP contribution in [0.4, 0.5) is 0 Å². The molecule has 1 nitrogen and oxygen atoms in total. The highest BCUT2D eigenvalue weighted by molar-refractivity contribution is 8.22.